The van der Waals surface area contributed by atoms with Crippen LogP contribution in [0.4, 0.5) is 8.78 Å². The molecule has 0 saturated heterocycles. The minimum atomic E-state index is -0.390. The molecule has 22 heavy (non-hydrogen) atoms. The highest BCUT2D eigenvalue weighted by molar-refractivity contribution is 5.24. The van der Waals surface area contributed by atoms with E-state index in [0.29, 0.717) is 18.2 Å². The number of halogens is 2. The molecule has 0 bridgehead atoms. The number of rotatable bonds is 3. The Morgan fingerprint density at radius 2 is 2.09 bits per heavy atom. The molecule has 3 nitrogen and oxygen atoms in total. The fourth-order valence-electron chi connectivity index (χ4n) is 3.38. The molecule has 4 rings (SSSR count). The summed E-state index contributed by atoms with van der Waals surface area (Å²) >= 11 is 0. The number of hydrogen-bond acceptors (Lipinski definition) is 2. The SMILES string of the molecule is C[C@H](c1cc(F)ccc1F)N1CCc2c(ncn2C2CC2)C1. The number of benzene rings is 1. The van der Waals surface area contributed by atoms with Crippen LogP contribution in [0.2, 0.25) is 0 Å². The van der Waals surface area contributed by atoms with Crippen LogP contribution in [-0.2, 0) is 13.0 Å². The monoisotopic (exact) mass is 303 g/mol. The molecule has 0 unspecified atom stereocenters. The molecule has 2 aromatic rings. The van der Waals surface area contributed by atoms with Crippen LogP contribution in [0.5, 0.6) is 0 Å². The van der Waals surface area contributed by atoms with Crippen molar-refractivity contribution in [2.75, 3.05) is 6.54 Å². The number of hydrogen-bond donors (Lipinski definition) is 0. The molecule has 0 radical (unpaired) electrons. The van der Waals surface area contributed by atoms with Gasteiger partial charge < -0.3 is 4.57 Å². The minimum absolute atomic E-state index is 0.157. The van der Waals surface area contributed by atoms with E-state index in [4.69, 9.17) is 0 Å². The van der Waals surface area contributed by atoms with Crippen LogP contribution in [0.3, 0.4) is 0 Å². The zero-order valence-corrected chi connectivity index (χ0v) is 12.6. The Morgan fingerprint density at radius 1 is 1.27 bits per heavy atom. The summed E-state index contributed by atoms with van der Waals surface area (Å²) in [6.07, 6.45) is 5.36. The van der Waals surface area contributed by atoms with Crippen molar-refractivity contribution in [3.63, 3.8) is 0 Å². The number of aromatic nitrogens is 2. The van der Waals surface area contributed by atoms with Crippen molar-refractivity contribution in [1.82, 2.24) is 14.5 Å². The van der Waals surface area contributed by atoms with Crippen LogP contribution in [0.1, 0.15) is 48.8 Å². The lowest BCUT2D eigenvalue weighted by molar-refractivity contribution is 0.184. The van der Waals surface area contributed by atoms with Crippen molar-refractivity contribution in [1.29, 1.82) is 0 Å². The summed E-state index contributed by atoms with van der Waals surface area (Å²) in [6.45, 7) is 3.48. The highest BCUT2D eigenvalue weighted by Gasteiger charge is 2.31. The van der Waals surface area contributed by atoms with Crippen molar-refractivity contribution in [3.8, 4) is 0 Å². The summed E-state index contributed by atoms with van der Waals surface area (Å²) in [5.74, 6) is -0.734. The molecule has 2 heterocycles. The van der Waals surface area contributed by atoms with Gasteiger partial charge >= 0.3 is 0 Å². The van der Waals surface area contributed by atoms with Crippen LogP contribution in [0.25, 0.3) is 0 Å². The molecule has 0 amide bonds. The van der Waals surface area contributed by atoms with Gasteiger partial charge in [-0.05, 0) is 38.0 Å². The molecule has 0 spiro atoms. The van der Waals surface area contributed by atoms with E-state index in [1.807, 2.05) is 13.3 Å². The minimum Gasteiger partial charge on any atom is -0.331 e. The van der Waals surface area contributed by atoms with Crippen molar-refractivity contribution < 1.29 is 8.78 Å². The Hall–Kier alpha value is -1.75. The predicted octanol–water partition coefficient (Wildman–Crippen LogP) is 3.62. The summed E-state index contributed by atoms with van der Waals surface area (Å²) in [5.41, 5.74) is 2.83. The highest BCUT2D eigenvalue weighted by Crippen LogP contribution is 2.38. The van der Waals surface area contributed by atoms with E-state index >= 15 is 0 Å². The Kier molecular flexibility index (Phi) is 3.26. The topological polar surface area (TPSA) is 21.1 Å². The van der Waals surface area contributed by atoms with Gasteiger partial charge in [-0.2, -0.15) is 0 Å². The molecular formula is C17H19F2N3. The largest absolute Gasteiger partial charge is 0.331 e. The number of nitrogens with zero attached hydrogens (tertiary/aromatic N) is 3. The van der Waals surface area contributed by atoms with E-state index in [-0.39, 0.29) is 17.7 Å². The van der Waals surface area contributed by atoms with Crippen molar-refractivity contribution in [2.45, 2.75) is 44.8 Å². The van der Waals surface area contributed by atoms with Gasteiger partial charge in [-0.25, -0.2) is 13.8 Å². The van der Waals surface area contributed by atoms with E-state index < -0.39 is 0 Å². The van der Waals surface area contributed by atoms with Gasteiger partial charge in [-0.3, -0.25) is 4.90 Å². The van der Waals surface area contributed by atoms with Gasteiger partial charge in [0, 0.05) is 42.9 Å². The molecule has 1 aliphatic carbocycles. The normalized spacial score (nSPS) is 20.0. The Bertz CT molecular complexity index is 706. The molecule has 1 saturated carbocycles. The first-order valence-electron chi connectivity index (χ1n) is 7.87. The molecular weight excluding hydrogens is 284 g/mol. The van der Waals surface area contributed by atoms with E-state index in [2.05, 4.69) is 14.5 Å². The zero-order chi connectivity index (χ0) is 15.3. The maximum absolute atomic E-state index is 14.0. The maximum atomic E-state index is 14.0. The maximum Gasteiger partial charge on any atom is 0.128 e. The summed E-state index contributed by atoms with van der Waals surface area (Å²) in [7, 11) is 0. The second-order valence-corrected chi connectivity index (χ2v) is 6.34. The van der Waals surface area contributed by atoms with Gasteiger partial charge in [0.05, 0.1) is 12.0 Å². The molecule has 1 atom stereocenters. The third kappa shape index (κ3) is 2.33. The third-order valence-electron chi connectivity index (χ3n) is 4.87. The summed E-state index contributed by atoms with van der Waals surface area (Å²) in [5, 5.41) is 0. The molecule has 1 aromatic heterocycles. The molecule has 2 aliphatic rings. The van der Waals surface area contributed by atoms with Crippen molar-refractivity contribution in [2.24, 2.45) is 0 Å². The van der Waals surface area contributed by atoms with E-state index in [1.165, 1.54) is 30.7 Å². The van der Waals surface area contributed by atoms with Crippen LogP contribution in [0, 0.1) is 11.6 Å². The van der Waals surface area contributed by atoms with E-state index in [9.17, 15) is 8.78 Å². The molecule has 1 aliphatic heterocycles. The van der Waals surface area contributed by atoms with Crippen LogP contribution in [0.15, 0.2) is 24.5 Å². The second kappa shape index (κ2) is 5.16. The van der Waals surface area contributed by atoms with Gasteiger partial charge in [-0.1, -0.05) is 0 Å². The Balaban J connectivity index is 1.57. The molecule has 0 N–H and O–H groups in total. The molecule has 1 aromatic carbocycles. The average Bonchev–Trinajstić information content (AvgIpc) is 3.28. The first-order chi connectivity index (χ1) is 10.6. The van der Waals surface area contributed by atoms with Gasteiger partial charge in [0.2, 0.25) is 0 Å². The van der Waals surface area contributed by atoms with Crippen LogP contribution < -0.4 is 0 Å². The van der Waals surface area contributed by atoms with Crippen LogP contribution >= 0.6 is 0 Å². The first-order valence-corrected chi connectivity index (χ1v) is 7.87. The first kappa shape index (κ1) is 13.9. The van der Waals surface area contributed by atoms with Crippen molar-refractivity contribution >= 4 is 0 Å². The fourth-order valence-corrected chi connectivity index (χ4v) is 3.38. The van der Waals surface area contributed by atoms with Gasteiger partial charge in [0.15, 0.2) is 0 Å². The average molecular weight is 303 g/mol. The lowest BCUT2D eigenvalue weighted by atomic mass is 10.0. The molecule has 5 heteroatoms. The number of imidazole rings is 1. The fraction of sp³-hybridized carbons (Fsp3) is 0.471. The zero-order valence-electron chi connectivity index (χ0n) is 12.6. The lowest BCUT2D eigenvalue weighted by Crippen LogP contribution is -2.34. The van der Waals surface area contributed by atoms with Gasteiger partial charge in [0.1, 0.15) is 11.6 Å². The van der Waals surface area contributed by atoms with Gasteiger partial charge in [0.25, 0.3) is 0 Å². The third-order valence-corrected chi connectivity index (χ3v) is 4.87. The summed E-state index contributed by atoms with van der Waals surface area (Å²) < 4.78 is 29.7. The van der Waals surface area contributed by atoms with E-state index in [1.54, 1.807) is 0 Å². The quantitative estimate of drug-likeness (QED) is 0.863. The smallest absolute Gasteiger partial charge is 0.128 e. The van der Waals surface area contributed by atoms with Gasteiger partial charge in [-0.15, -0.1) is 0 Å². The Morgan fingerprint density at radius 3 is 2.86 bits per heavy atom. The lowest BCUT2D eigenvalue weighted by Gasteiger charge is -2.32. The van der Waals surface area contributed by atoms with Crippen LogP contribution in [-0.4, -0.2) is 21.0 Å². The molecule has 1 fully saturated rings. The summed E-state index contributed by atoms with van der Waals surface area (Å²) in [4.78, 5) is 6.71. The predicted molar refractivity (Wildman–Crippen MR) is 79.4 cm³/mol. The second-order valence-electron chi connectivity index (χ2n) is 6.34. The van der Waals surface area contributed by atoms with E-state index in [0.717, 1.165) is 24.7 Å². The number of fused-ring (bicyclic) bond motifs is 1. The molecule has 116 valence electrons. The standard InChI is InChI=1S/C17H19F2N3/c1-11(14-8-12(18)2-5-15(14)19)21-7-6-17-16(9-21)20-10-22(17)13-3-4-13/h2,5,8,10-11,13H,3-4,6-7,9H2,1H3/t11-/m1/s1. The highest BCUT2D eigenvalue weighted by atomic mass is 19.1. The van der Waals surface area contributed by atoms with Crippen molar-refractivity contribution in [3.05, 3.63) is 53.1 Å². The Labute approximate surface area is 128 Å². The summed E-state index contributed by atoms with van der Waals surface area (Å²) in [6, 6.07) is 4.16.